The van der Waals surface area contributed by atoms with E-state index in [9.17, 15) is 27.9 Å². The Bertz CT molecular complexity index is 794. The van der Waals surface area contributed by atoms with Crippen LogP contribution in [0, 0.1) is 0 Å². The number of amides is 1. The van der Waals surface area contributed by atoms with Gasteiger partial charge >= 0.3 is 6.18 Å². The molecule has 1 N–H and O–H groups in total. The fourth-order valence-electron chi connectivity index (χ4n) is 1.72. The number of anilines is 1. The quantitative estimate of drug-likeness (QED) is 0.813. The Labute approximate surface area is 144 Å². The number of carbonyl (C=O) groups is 2. The Morgan fingerprint density at radius 3 is 2.48 bits per heavy atom. The van der Waals surface area contributed by atoms with Crippen LogP contribution in [0.3, 0.4) is 0 Å². The number of carboxylic acids is 1. The summed E-state index contributed by atoms with van der Waals surface area (Å²) in [6, 6.07) is 5.85. The lowest BCUT2D eigenvalue weighted by Gasteiger charge is -2.11. The largest absolute Gasteiger partial charge is 0.550 e. The van der Waals surface area contributed by atoms with Gasteiger partial charge in [-0.05, 0) is 24.3 Å². The highest BCUT2D eigenvalue weighted by molar-refractivity contribution is 6.32. The van der Waals surface area contributed by atoms with Crippen molar-refractivity contribution in [3.63, 3.8) is 0 Å². The first-order chi connectivity index (χ1) is 11.6. The first kappa shape index (κ1) is 18.5. The van der Waals surface area contributed by atoms with Crippen molar-refractivity contribution in [1.29, 1.82) is 0 Å². The summed E-state index contributed by atoms with van der Waals surface area (Å²) in [6.07, 6.45) is -4.70. The molecule has 0 bridgehead atoms. The van der Waals surface area contributed by atoms with E-state index in [1.54, 1.807) is 0 Å². The number of rotatable bonds is 5. The van der Waals surface area contributed by atoms with Crippen molar-refractivity contribution in [1.82, 2.24) is 4.98 Å². The third-order valence-corrected chi connectivity index (χ3v) is 3.09. The standard InChI is InChI=1S/C15H10ClF3N2O4/c16-10-5-9(21-12(22)6-14(23)24)2-3-11(10)25-13-4-1-8(7-20-13)15(17,18)19/h1-5,7H,6H2,(H,21,22)(H,23,24)/p-1. The summed E-state index contributed by atoms with van der Waals surface area (Å²) in [6.45, 7) is 0. The fraction of sp³-hybridized carbons (Fsp3) is 0.133. The van der Waals surface area contributed by atoms with Gasteiger partial charge in [-0.3, -0.25) is 4.79 Å². The maximum atomic E-state index is 12.5. The van der Waals surface area contributed by atoms with Gasteiger partial charge in [-0.1, -0.05) is 11.6 Å². The Kier molecular flexibility index (Phi) is 5.48. The SMILES string of the molecule is O=C([O-])CC(=O)Nc1ccc(Oc2ccc(C(F)(F)F)cn2)c(Cl)c1. The number of alkyl halides is 3. The second-order valence-corrected chi connectivity index (χ2v) is 5.13. The van der Waals surface area contributed by atoms with Crippen LogP contribution < -0.4 is 15.2 Å². The number of ether oxygens (including phenoxy) is 1. The number of pyridine rings is 1. The van der Waals surface area contributed by atoms with Crippen LogP contribution in [0.25, 0.3) is 0 Å². The summed E-state index contributed by atoms with van der Waals surface area (Å²) >= 11 is 5.96. The maximum Gasteiger partial charge on any atom is 0.417 e. The molecule has 0 atom stereocenters. The number of aliphatic carboxylic acids is 1. The number of halogens is 4. The Morgan fingerprint density at radius 2 is 1.96 bits per heavy atom. The lowest BCUT2D eigenvalue weighted by Crippen LogP contribution is -2.28. The highest BCUT2D eigenvalue weighted by Gasteiger charge is 2.30. The lowest BCUT2D eigenvalue weighted by atomic mass is 10.2. The van der Waals surface area contributed by atoms with Crippen LogP contribution in [0.2, 0.25) is 5.02 Å². The van der Waals surface area contributed by atoms with Crippen molar-refractivity contribution in [2.75, 3.05) is 5.32 Å². The van der Waals surface area contributed by atoms with E-state index in [0.29, 0.717) is 6.20 Å². The zero-order chi connectivity index (χ0) is 18.6. The van der Waals surface area contributed by atoms with E-state index in [4.69, 9.17) is 16.3 Å². The number of aromatic nitrogens is 1. The molecule has 2 aromatic rings. The predicted octanol–water partition coefficient (Wildman–Crippen LogP) is 2.62. The van der Waals surface area contributed by atoms with Gasteiger partial charge in [0.05, 0.1) is 23.0 Å². The van der Waals surface area contributed by atoms with Crippen LogP contribution >= 0.6 is 11.6 Å². The first-order valence-electron chi connectivity index (χ1n) is 6.65. The highest BCUT2D eigenvalue weighted by Crippen LogP contribution is 2.33. The van der Waals surface area contributed by atoms with Gasteiger partial charge in [0.2, 0.25) is 11.8 Å². The van der Waals surface area contributed by atoms with E-state index < -0.39 is 30.0 Å². The molecule has 0 aliphatic carbocycles. The Balaban J connectivity index is 2.08. The minimum atomic E-state index is -4.51. The average Bonchev–Trinajstić information content (AvgIpc) is 2.49. The highest BCUT2D eigenvalue weighted by atomic mass is 35.5. The second-order valence-electron chi connectivity index (χ2n) is 4.73. The van der Waals surface area contributed by atoms with Crippen LogP contribution in [0.15, 0.2) is 36.5 Å². The van der Waals surface area contributed by atoms with E-state index in [1.807, 2.05) is 0 Å². The Hall–Kier alpha value is -2.81. The fourth-order valence-corrected chi connectivity index (χ4v) is 1.94. The van der Waals surface area contributed by atoms with Crippen molar-refractivity contribution >= 4 is 29.2 Å². The number of benzene rings is 1. The van der Waals surface area contributed by atoms with Gasteiger partial charge in [-0.25, -0.2) is 4.98 Å². The number of hydrogen-bond acceptors (Lipinski definition) is 5. The van der Waals surface area contributed by atoms with Gasteiger partial charge in [0.25, 0.3) is 0 Å². The summed E-state index contributed by atoms with van der Waals surface area (Å²) in [7, 11) is 0. The molecule has 25 heavy (non-hydrogen) atoms. The third-order valence-electron chi connectivity index (χ3n) is 2.80. The number of hydrogen-bond donors (Lipinski definition) is 1. The molecule has 0 spiro atoms. The van der Waals surface area contributed by atoms with Gasteiger partial charge in [0.15, 0.2) is 0 Å². The van der Waals surface area contributed by atoms with Gasteiger partial charge in [0, 0.05) is 18.0 Å². The lowest BCUT2D eigenvalue weighted by molar-refractivity contribution is -0.304. The van der Waals surface area contributed by atoms with Crippen molar-refractivity contribution in [3.05, 3.63) is 47.1 Å². The van der Waals surface area contributed by atoms with Crippen LogP contribution in [0.4, 0.5) is 18.9 Å². The van der Waals surface area contributed by atoms with Crippen LogP contribution in [0.1, 0.15) is 12.0 Å². The van der Waals surface area contributed by atoms with E-state index in [0.717, 1.165) is 12.1 Å². The predicted molar refractivity (Wildman–Crippen MR) is 79.0 cm³/mol. The zero-order valence-electron chi connectivity index (χ0n) is 12.3. The van der Waals surface area contributed by atoms with Gasteiger partial charge < -0.3 is 20.0 Å². The molecule has 1 aromatic carbocycles. The van der Waals surface area contributed by atoms with E-state index in [2.05, 4.69) is 10.3 Å². The molecular weight excluding hydrogens is 365 g/mol. The third kappa shape index (κ3) is 5.35. The summed E-state index contributed by atoms with van der Waals surface area (Å²) in [5, 5.41) is 12.6. The molecule has 0 saturated carbocycles. The molecule has 1 amide bonds. The maximum absolute atomic E-state index is 12.5. The van der Waals surface area contributed by atoms with Crippen LogP contribution in [0.5, 0.6) is 11.6 Å². The summed E-state index contributed by atoms with van der Waals surface area (Å²) in [4.78, 5) is 25.2. The summed E-state index contributed by atoms with van der Waals surface area (Å²) in [5.74, 6) is -2.35. The molecule has 132 valence electrons. The summed E-state index contributed by atoms with van der Waals surface area (Å²) in [5.41, 5.74) is -0.707. The van der Waals surface area contributed by atoms with Crippen molar-refractivity contribution in [2.45, 2.75) is 12.6 Å². The topological polar surface area (TPSA) is 91.3 Å². The number of nitrogens with one attached hydrogen (secondary N) is 1. The van der Waals surface area contributed by atoms with Crippen molar-refractivity contribution < 1.29 is 32.6 Å². The molecule has 0 radical (unpaired) electrons. The van der Waals surface area contributed by atoms with Crippen LogP contribution in [-0.2, 0) is 15.8 Å². The molecule has 0 aliphatic rings. The summed E-state index contributed by atoms with van der Waals surface area (Å²) < 4.78 is 42.7. The van der Waals surface area contributed by atoms with Gasteiger partial charge in [0.1, 0.15) is 5.75 Å². The molecule has 2 rings (SSSR count). The monoisotopic (exact) mass is 373 g/mol. The normalized spacial score (nSPS) is 11.0. The zero-order valence-corrected chi connectivity index (χ0v) is 13.0. The number of carbonyl (C=O) groups excluding carboxylic acids is 2. The molecule has 0 saturated heterocycles. The minimum absolute atomic E-state index is 0.0351. The number of carboxylic acid groups (broad SMARTS) is 1. The first-order valence-corrected chi connectivity index (χ1v) is 7.03. The molecule has 1 aromatic heterocycles. The van der Waals surface area contributed by atoms with Crippen molar-refractivity contribution in [3.8, 4) is 11.6 Å². The van der Waals surface area contributed by atoms with Crippen LogP contribution in [-0.4, -0.2) is 16.9 Å². The van der Waals surface area contributed by atoms with E-state index in [1.165, 1.54) is 18.2 Å². The molecule has 0 aliphatic heterocycles. The Morgan fingerprint density at radius 1 is 1.24 bits per heavy atom. The van der Waals surface area contributed by atoms with E-state index >= 15 is 0 Å². The molecule has 1 heterocycles. The molecular formula is C15H9ClF3N2O4-. The van der Waals surface area contributed by atoms with Gasteiger partial charge in [-0.15, -0.1) is 0 Å². The average molecular weight is 374 g/mol. The second kappa shape index (κ2) is 7.39. The molecule has 0 unspecified atom stereocenters. The molecule has 6 nitrogen and oxygen atoms in total. The molecule has 0 fully saturated rings. The smallest absolute Gasteiger partial charge is 0.417 e. The van der Waals surface area contributed by atoms with Gasteiger partial charge in [-0.2, -0.15) is 13.2 Å². The van der Waals surface area contributed by atoms with E-state index in [-0.39, 0.29) is 22.3 Å². The van der Waals surface area contributed by atoms with Crippen molar-refractivity contribution in [2.24, 2.45) is 0 Å². The number of nitrogens with zero attached hydrogens (tertiary/aromatic N) is 1. The molecule has 10 heteroatoms. The minimum Gasteiger partial charge on any atom is -0.550 e.